The van der Waals surface area contributed by atoms with E-state index in [1.165, 1.54) is 0 Å². The summed E-state index contributed by atoms with van der Waals surface area (Å²) < 4.78 is 5.56. The number of nitrogen functional groups attached to an aromatic ring is 1. The van der Waals surface area contributed by atoms with Crippen LogP contribution in [0.3, 0.4) is 0 Å². The molecule has 1 amide bonds. The van der Waals surface area contributed by atoms with Gasteiger partial charge in [-0.15, -0.1) is 0 Å². The van der Waals surface area contributed by atoms with Crippen LogP contribution in [-0.4, -0.2) is 19.1 Å². The average molecular weight is 282 g/mol. The van der Waals surface area contributed by atoms with Crippen molar-refractivity contribution in [3.05, 3.63) is 53.6 Å². The zero-order valence-corrected chi connectivity index (χ0v) is 12.0. The van der Waals surface area contributed by atoms with Gasteiger partial charge in [-0.3, -0.25) is 4.79 Å². The molecular formula is C17H18N2O2. The summed E-state index contributed by atoms with van der Waals surface area (Å²) in [6, 6.07) is 13.1. The van der Waals surface area contributed by atoms with Crippen molar-refractivity contribution in [2.24, 2.45) is 0 Å². The maximum atomic E-state index is 12.8. The summed E-state index contributed by atoms with van der Waals surface area (Å²) in [6.07, 6.45) is 0.836. The number of benzene rings is 2. The van der Waals surface area contributed by atoms with Crippen LogP contribution in [0.25, 0.3) is 0 Å². The highest BCUT2D eigenvalue weighted by molar-refractivity contribution is 6.10. The van der Waals surface area contributed by atoms with Gasteiger partial charge in [-0.05, 0) is 37.1 Å². The number of carbonyl (C=O) groups is 1. The van der Waals surface area contributed by atoms with Crippen LogP contribution in [0, 0.1) is 0 Å². The molecule has 3 rings (SSSR count). The summed E-state index contributed by atoms with van der Waals surface area (Å²) in [5.74, 6) is 0.559. The monoisotopic (exact) mass is 282 g/mol. The molecule has 1 heterocycles. The number of hydrogen-bond donors (Lipinski definition) is 1. The fraction of sp³-hybridized carbons (Fsp3) is 0.235. The first-order valence-electron chi connectivity index (χ1n) is 7.13. The van der Waals surface area contributed by atoms with Gasteiger partial charge in [0.05, 0.1) is 23.5 Å². The van der Waals surface area contributed by atoms with Gasteiger partial charge in [-0.2, -0.15) is 0 Å². The Labute approximate surface area is 124 Å². The molecule has 2 N–H and O–H groups in total. The number of carbonyl (C=O) groups excluding carboxylic acids is 1. The summed E-state index contributed by atoms with van der Waals surface area (Å²) >= 11 is 0. The molecule has 0 aliphatic carbocycles. The largest absolute Gasteiger partial charge is 0.493 e. The molecule has 0 spiro atoms. The van der Waals surface area contributed by atoms with E-state index in [4.69, 9.17) is 10.5 Å². The summed E-state index contributed by atoms with van der Waals surface area (Å²) in [4.78, 5) is 14.6. The molecule has 0 saturated heterocycles. The predicted molar refractivity (Wildman–Crippen MR) is 83.8 cm³/mol. The van der Waals surface area contributed by atoms with Gasteiger partial charge in [0.2, 0.25) is 0 Å². The van der Waals surface area contributed by atoms with E-state index < -0.39 is 0 Å². The van der Waals surface area contributed by atoms with E-state index in [2.05, 4.69) is 0 Å². The Morgan fingerprint density at radius 3 is 2.86 bits per heavy atom. The number of anilines is 2. The fourth-order valence-corrected chi connectivity index (χ4v) is 2.76. The maximum Gasteiger partial charge on any atom is 0.262 e. The summed E-state index contributed by atoms with van der Waals surface area (Å²) in [6.45, 7) is 3.09. The Bertz CT molecular complexity index is 682. The Balaban J connectivity index is 1.99. The molecule has 1 aliphatic rings. The van der Waals surface area contributed by atoms with Gasteiger partial charge in [-0.25, -0.2) is 0 Å². The minimum atomic E-state index is -0.0595. The van der Waals surface area contributed by atoms with Crippen LogP contribution in [0.2, 0.25) is 0 Å². The Kier molecular flexibility index (Phi) is 3.52. The van der Waals surface area contributed by atoms with Crippen LogP contribution in [0.1, 0.15) is 22.8 Å². The molecule has 0 atom stereocenters. The summed E-state index contributed by atoms with van der Waals surface area (Å²) in [5, 5.41) is 0. The van der Waals surface area contributed by atoms with Gasteiger partial charge in [0.15, 0.2) is 0 Å². The van der Waals surface area contributed by atoms with Crippen molar-refractivity contribution in [2.45, 2.75) is 13.3 Å². The topological polar surface area (TPSA) is 55.6 Å². The maximum absolute atomic E-state index is 12.8. The van der Waals surface area contributed by atoms with Crippen molar-refractivity contribution >= 4 is 17.3 Å². The first-order chi connectivity index (χ1) is 10.2. The first-order valence-corrected chi connectivity index (χ1v) is 7.13. The van der Waals surface area contributed by atoms with E-state index in [-0.39, 0.29) is 5.91 Å². The normalized spacial score (nSPS) is 13.1. The highest BCUT2D eigenvalue weighted by atomic mass is 16.5. The molecule has 0 unspecified atom stereocenters. The van der Waals surface area contributed by atoms with E-state index in [0.29, 0.717) is 30.2 Å². The number of hydrogen-bond acceptors (Lipinski definition) is 3. The number of nitrogens with two attached hydrogens (primary N) is 1. The first kappa shape index (κ1) is 13.5. The third-order valence-electron chi connectivity index (χ3n) is 3.69. The fourth-order valence-electron chi connectivity index (χ4n) is 2.76. The van der Waals surface area contributed by atoms with E-state index in [0.717, 1.165) is 17.7 Å². The number of amides is 1. The molecule has 0 radical (unpaired) electrons. The van der Waals surface area contributed by atoms with Gasteiger partial charge < -0.3 is 15.4 Å². The predicted octanol–water partition coefficient (Wildman–Crippen LogP) is 2.87. The smallest absolute Gasteiger partial charge is 0.262 e. The molecule has 2 aromatic rings. The Morgan fingerprint density at radius 1 is 1.24 bits per heavy atom. The van der Waals surface area contributed by atoms with E-state index in [1.54, 1.807) is 11.0 Å². The molecular weight excluding hydrogens is 264 g/mol. The number of ether oxygens (including phenoxy) is 1. The lowest BCUT2D eigenvalue weighted by Gasteiger charge is -2.20. The van der Waals surface area contributed by atoms with Gasteiger partial charge in [0.25, 0.3) is 5.91 Å². The highest BCUT2D eigenvalue weighted by Crippen LogP contribution is 2.35. The molecule has 21 heavy (non-hydrogen) atoms. The second-order valence-corrected chi connectivity index (χ2v) is 4.99. The molecule has 0 aromatic heterocycles. The van der Waals surface area contributed by atoms with E-state index >= 15 is 0 Å². The van der Waals surface area contributed by atoms with Crippen LogP contribution in [0.4, 0.5) is 11.4 Å². The molecule has 0 fully saturated rings. The molecule has 4 heteroatoms. The van der Waals surface area contributed by atoms with Crippen molar-refractivity contribution in [1.29, 1.82) is 0 Å². The minimum Gasteiger partial charge on any atom is -0.493 e. The van der Waals surface area contributed by atoms with Gasteiger partial charge in [-0.1, -0.05) is 24.3 Å². The van der Waals surface area contributed by atoms with Crippen LogP contribution < -0.4 is 15.4 Å². The van der Waals surface area contributed by atoms with Crippen molar-refractivity contribution in [2.75, 3.05) is 23.8 Å². The number of para-hydroxylation sites is 2. The second-order valence-electron chi connectivity index (χ2n) is 4.99. The molecule has 2 aromatic carbocycles. The number of rotatable bonds is 3. The van der Waals surface area contributed by atoms with Crippen molar-refractivity contribution in [1.82, 2.24) is 0 Å². The van der Waals surface area contributed by atoms with Crippen molar-refractivity contribution in [3.8, 4) is 5.75 Å². The minimum absolute atomic E-state index is 0.0595. The zero-order valence-electron chi connectivity index (χ0n) is 12.0. The molecule has 0 bridgehead atoms. The molecule has 1 aliphatic heterocycles. The molecule has 4 nitrogen and oxygen atoms in total. The van der Waals surface area contributed by atoms with Crippen LogP contribution >= 0.6 is 0 Å². The van der Waals surface area contributed by atoms with Crippen molar-refractivity contribution in [3.63, 3.8) is 0 Å². The van der Waals surface area contributed by atoms with E-state index in [1.807, 2.05) is 43.3 Å². The Hall–Kier alpha value is -2.49. The van der Waals surface area contributed by atoms with Crippen LogP contribution in [0.5, 0.6) is 5.75 Å². The number of fused-ring (bicyclic) bond motifs is 1. The standard InChI is InChI=1S/C17H18N2O2/c1-2-21-15-9-4-3-7-13(15)17(20)19-11-10-12-6-5-8-14(18)16(12)19/h3-9H,2,10-11,18H2,1H3. The summed E-state index contributed by atoms with van der Waals surface area (Å²) in [7, 11) is 0. The third-order valence-corrected chi connectivity index (χ3v) is 3.69. The lowest BCUT2D eigenvalue weighted by Crippen LogP contribution is -2.29. The van der Waals surface area contributed by atoms with Crippen LogP contribution in [-0.2, 0) is 6.42 Å². The van der Waals surface area contributed by atoms with Gasteiger partial charge in [0.1, 0.15) is 5.75 Å². The lowest BCUT2D eigenvalue weighted by molar-refractivity contribution is 0.0986. The zero-order chi connectivity index (χ0) is 14.8. The molecule has 108 valence electrons. The van der Waals surface area contributed by atoms with Crippen molar-refractivity contribution < 1.29 is 9.53 Å². The second kappa shape index (κ2) is 5.48. The van der Waals surface area contributed by atoms with Gasteiger partial charge in [0, 0.05) is 6.54 Å². The lowest BCUT2D eigenvalue weighted by atomic mass is 10.1. The van der Waals surface area contributed by atoms with Crippen LogP contribution in [0.15, 0.2) is 42.5 Å². The highest BCUT2D eigenvalue weighted by Gasteiger charge is 2.28. The summed E-state index contributed by atoms with van der Waals surface area (Å²) in [5.41, 5.74) is 9.24. The third kappa shape index (κ3) is 2.33. The van der Waals surface area contributed by atoms with E-state index in [9.17, 15) is 4.79 Å². The Morgan fingerprint density at radius 2 is 2.05 bits per heavy atom. The average Bonchev–Trinajstić information content (AvgIpc) is 2.93. The quantitative estimate of drug-likeness (QED) is 0.881. The van der Waals surface area contributed by atoms with Gasteiger partial charge >= 0.3 is 0 Å². The number of nitrogens with zero attached hydrogens (tertiary/aromatic N) is 1. The molecule has 0 saturated carbocycles. The SMILES string of the molecule is CCOc1ccccc1C(=O)N1CCc2cccc(N)c21.